The fourth-order valence-corrected chi connectivity index (χ4v) is 3.82. The largest absolute Gasteiger partial charge is 0.420 e. The van der Waals surface area contributed by atoms with Gasteiger partial charge >= 0.3 is 0 Å². The number of thioether (sulfide) groups is 1. The second-order valence-corrected chi connectivity index (χ2v) is 7.40. The lowest BCUT2D eigenvalue weighted by Gasteiger charge is -2.34. The van der Waals surface area contributed by atoms with E-state index in [1.165, 1.54) is 22.7 Å². The van der Waals surface area contributed by atoms with E-state index in [0.29, 0.717) is 28.2 Å². The summed E-state index contributed by atoms with van der Waals surface area (Å²) in [4.78, 5) is 20.0. The highest BCUT2D eigenvalue weighted by Crippen LogP contribution is 2.33. The van der Waals surface area contributed by atoms with E-state index < -0.39 is 0 Å². The van der Waals surface area contributed by atoms with Gasteiger partial charge in [-0.15, -0.1) is 0 Å². The molecule has 0 unspecified atom stereocenters. The van der Waals surface area contributed by atoms with Crippen molar-refractivity contribution in [3.8, 4) is 6.07 Å². The number of nitriles is 1. The van der Waals surface area contributed by atoms with Gasteiger partial charge in [0.2, 0.25) is 17.5 Å². The summed E-state index contributed by atoms with van der Waals surface area (Å²) in [6, 6.07) is 2.05. The van der Waals surface area contributed by atoms with Crippen LogP contribution < -0.4 is 4.90 Å². The van der Waals surface area contributed by atoms with Crippen LogP contribution in [0.3, 0.4) is 0 Å². The maximum absolute atomic E-state index is 12.1. The zero-order chi connectivity index (χ0) is 17.4. The molecule has 1 aromatic heterocycles. The molecule has 2 aliphatic rings. The van der Waals surface area contributed by atoms with Gasteiger partial charge in [-0.05, 0) is 13.8 Å². The van der Waals surface area contributed by atoms with E-state index in [2.05, 4.69) is 11.1 Å². The van der Waals surface area contributed by atoms with Crippen LogP contribution in [0.4, 0.5) is 5.88 Å². The molecule has 0 aliphatic carbocycles. The minimum atomic E-state index is -0.197. The van der Waals surface area contributed by atoms with Gasteiger partial charge in [-0.2, -0.15) is 10.2 Å². The van der Waals surface area contributed by atoms with Gasteiger partial charge in [-0.1, -0.05) is 24.0 Å². The molecule has 24 heavy (non-hydrogen) atoms. The fourth-order valence-electron chi connectivity index (χ4n) is 2.68. The summed E-state index contributed by atoms with van der Waals surface area (Å²) in [5.74, 6) is 0.442. The molecule has 2 atom stereocenters. The Morgan fingerprint density at radius 3 is 2.62 bits per heavy atom. The van der Waals surface area contributed by atoms with Gasteiger partial charge in [0.15, 0.2) is 0 Å². The van der Waals surface area contributed by atoms with Crippen molar-refractivity contribution in [1.82, 2.24) is 9.88 Å². The van der Waals surface area contributed by atoms with Crippen molar-refractivity contribution in [3.63, 3.8) is 0 Å². The van der Waals surface area contributed by atoms with E-state index in [1.54, 1.807) is 7.05 Å². The third-order valence-electron chi connectivity index (χ3n) is 3.68. The van der Waals surface area contributed by atoms with E-state index in [9.17, 15) is 10.1 Å². The molecule has 2 saturated heterocycles. The van der Waals surface area contributed by atoms with Crippen LogP contribution in [0.1, 0.15) is 25.4 Å². The van der Waals surface area contributed by atoms with Crippen molar-refractivity contribution in [3.05, 3.63) is 16.5 Å². The lowest BCUT2D eigenvalue weighted by atomic mass is 10.2. The zero-order valence-corrected chi connectivity index (χ0v) is 15.1. The number of ether oxygens (including phenoxy) is 1. The van der Waals surface area contributed by atoms with Crippen LogP contribution in [0.25, 0.3) is 6.08 Å². The number of thiocarbonyl (C=S) groups is 1. The number of nitrogens with zero attached hydrogens (tertiary/aromatic N) is 4. The number of morpholine rings is 1. The Kier molecular flexibility index (Phi) is 4.62. The highest BCUT2D eigenvalue weighted by Gasteiger charge is 2.31. The lowest BCUT2D eigenvalue weighted by Crippen LogP contribution is -2.45. The van der Waals surface area contributed by atoms with Gasteiger partial charge in [0.1, 0.15) is 10.4 Å². The van der Waals surface area contributed by atoms with Crippen molar-refractivity contribution < 1.29 is 13.9 Å². The molecule has 0 radical (unpaired) electrons. The topological polar surface area (TPSA) is 82.6 Å². The van der Waals surface area contributed by atoms with Crippen LogP contribution in [0.15, 0.2) is 9.32 Å². The average molecular weight is 364 g/mol. The second kappa shape index (κ2) is 6.55. The number of hydrogen-bond donors (Lipinski definition) is 0. The van der Waals surface area contributed by atoms with Crippen molar-refractivity contribution in [2.45, 2.75) is 26.1 Å². The Hall–Kier alpha value is -1.89. The number of rotatable bonds is 2. The summed E-state index contributed by atoms with van der Waals surface area (Å²) in [5.41, 5.74) is 0.203. The van der Waals surface area contributed by atoms with Crippen LogP contribution >= 0.6 is 24.0 Å². The van der Waals surface area contributed by atoms with Crippen molar-refractivity contribution in [2.24, 2.45) is 0 Å². The summed E-state index contributed by atoms with van der Waals surface area (Å²) in [6.45, 7) is 5.17. The third kappa shape index (κ3) is 3.17. The molecule has 126 valence electrons. The second-order valence-electron chi connectivity index (χ2n) is 5.72. The molecule has 7 nitrogen and oxygen atoms in total. The minimum Gasteiger partial charge on any atom is -0.420 e. The molecule has 2 aliphatic heterocycles. The van der Waals surface area contributed by atoms with E-state index in [4.69, 9.17) is 21.4 Å². The van der Waals surface area contributed by atoms with Gasteiger partial charge in [-0.3, -0.25) is 9.69 Å². The Morgan fingerprint density at radius 1 is 1.42 bits per heavy atom. The Morgan fingerprint density at radius 2 is 2.08 bits per heavy atom. The number of carbonyl (C=O) groups is 1. The monoisotopic (exact) mass is 364 g/mol. The normalized spacial score (nSPS) is 26.3. The van der Waals surface area contributed by atoms with Gasteiger partial charge in [-0.25, -0.2) is 0 Å². The number of oxazole rings is 1. The lowest BCUT2D eigenvalue weighted by molar-refractivity contribution is -0.121. The molecule has 0 N–H and O–H groups in total. The fraction of sp³-hybridized carbons (Fsp3) is 0.467. The standard InChI is InChI=1S/C15H16N4O3S2/c1-8-6-19(7-9(2)21-8)14-10(5-16)17-12(22-14)4-11-13(20)18(3)15(23)24-11/h4,8-9H,6-7H2,1-3H3/b11-4-/t8-,9-/m1/s1. The van der Waals surface area contributed by atoms with Gasteiger partial charge < -0.3 is 14.1 Å². The van der Waals surface area contributed by atoms with Crippen LogP contribution in [0, 0.1) is 11.3 Å². The first-order valence-electron chi connectivity index (χ1n) is 7.42. The molecule has 3 heterocycles. The van der Waals surface area contributed by atoms with E-state index in [-0.39, 0.29) is 29.7 Å². The third-order valence-corrected chi connectivity index (χ3v) is 5.16. The smallest absolute Gasteiger partial charge is 0.266 e. The van der Waals surface area contributed by atoms with Crippen molar-refractivity contribution in [1.29, 1.82) is 5.26 Å². The molecule has 9 heteroatoms. The number of likely N-dealkylation sites (N-methyl/N-ethyl adjacent to an activating group) is 1. The summed E-state index contributed by atoms with van der Waals surface area (Å²) in [5, 5.41) is 9.34. The van der Waals surface area contributed by atoms with E-state index >= 15 is 0 Å². The molecule has 1 aromatic rings. The molecular formula is C15H16N4O3S2. The Bertz CT molecular complexity index is 757. The molecule has 0 spiro atoms. The van der Waals surface area contributed by atoms with Gasteiger partial charge in [0.25, 0.3) is 5.91 Å². The predicted molar refractivity (Wildman–Crippen MR) is 94.4 cm³/mol. The van der Waals surface area contributed by atoms with Crippen LogP contribution in [-0.4, -0.2) is 52.5 Å². The molecule has 0 saturated carbocycles. The molecule has 2 fully saturated rings. The van der Waals surface area contributed by atoms with Gasteiger partial charge in [0, 0.05) is 26.2 Å². The van der Waals surface area contributed by atoms with Gasteiger partial charge in [0.05, 0.1) is 17.1 Å². The molecular weight excluding hydrogens is 348 g/mol. The number of aromatic nitrogens is 1. The van der Waals surface area contributed by atoms with Crippen LogP contribution in [0.2, 0.25) is 0 Å². The maximum Gasteiger partial charge on any atom is 0.266 e. The Labute approximate surface area is 149 Å². The SMILES string of the molecule is C[C@@H]1CN(c2oc(/C=C3\SC(=S)N(C)C3=O)nc2C#N)C[C@@H](C)O1. The molecule has 0 bridgehead atoms. The number of anilines is 1. The van der Waals surface area contributed by atoms with Crippen LogP contribution in [-0.2, 0) is 9.53 Å². The zero-order valence-electron chi connectivity index (χ0n) is 13.5. The number of carbonyl (C=O) groups excluding carboxylic acids is 1. The summed E-state index contributed by atoms with van der Waals surface area (Å²) in [6.07, 6.45) is 1.59. The van der Waals surface area contributed by atoms with Crippen LogP contribution in [0.5, 0.6) is 0 Å². The maximum atomic E-state index is 12.1. The first kappa shape index (κ1) is 17.0. The molecule has 0 aromatic carbocycles. The molecule has 1 amide bonds. The first-order valence-corrected chi connectivity index (χ1v) is 8.64. The highest BCUT2D eigenvalue weighted by atomic mass is 32.2. The van der Waals surface area contributed by atoms with E-state index in [1.807, 2.05) is 18.7 Å². The predicted octanol–water partition coefficient (Wildman–Crippen LogP) is 1.99. The Balaban J connectivity index is 1.90. The minimum absolute atomic E-state index is 0.0326. The van der Waals surface area contributed by atoms with Crippen molar-refractivity contribution >= 4 is 46.2 Å². The summed E-state index contributed by atoms with van der Waals surface area (Å²) < 4.78 is 11.9. The van der Waals surface area contributed by atoms with Crippen molar-refractivity contribution in [2.75, 3.05) is 25.0 Å². The highest BCUT2D eigenvalue weighted by molar-refractivity contribution is 8.26. The quantitative estimate of drug-likeness (QED) is 0.582. The number of amides is 1. The average Bonchev–Trinajstić information content (AvgIpc) is 3.04. The first-order chi connectivity index (χ1) is 11.4. The number of hydrogen-bond acceptors (Lipinski definition) is 8. The molecule has 3 rings (SSSR count). The summed E-state index contributed by atoms with van der Waals surface area (Å²) in [7, 11) is 1.62. The van der Waals surface area contributed by atoms with E-state index in [0.717, 1.165) is 0 Å². The summed E-state index contributed by atoms with van der Waals surface area (Å²) >= 11 is 6.28.